The van der Waals surface area contributed by atoms with E-state index >= 15 is 0 Å². The van der Waals surface area contributed by atoms with Crippen LogP contribution in [0.4, 0.5) is 26.9 Å². The minimum atomic E-state index is -0.281. The first-order valence-corrected chi connectivity index (χ1v) is 11.7. The lowest BCUT2D eigenvalue weighted by Gasteiger charge is -2.29. The molecular weight excluding hydrogens is 450 g/mol. The number of nitrogens with two attached hydrogens (primary N) is 1. The van der Waals surface area contributed by atoms with Crippen molar-refractivity contribution in [1.82, 2.24) is 25.5 Å². The lowest BCUT2D eigenvalue weighted by Crippen LogP contribution is -2.43. The number of oxime groups is 1. The molecule has 12 heteroatoms. The van der Waals surface area contributed by atoms with E-state index in [0.717, 1.165) is 12.0 Å². The van der Waals surface area contributed by atoms with Gasteiger partial charge in [-0.05, 0) is 38.0 Å². The topological polar surface area (TPSA) is 150 Å². The maximum absolute atomic E-state index is 12.7. The molecule has 4 bridgehead atoms. The molecule has 3 aliphatic heterocycles. The molecule has 2 atom stereocenters. The Morgan fingerprint density at radius 1 is 1.26 bits per heavy atom. The number of aromatic nitrogens is 2. The maximum Gasteiger partial charge on any atom is 0.319 e. The fourth-order valence-electron chi connectivity index (χ4n) is 4.23. The van der Waals surface area contributed by atoms with Crippen molar-refractivity contribution in [2.24, 2.45) is 5.16 Å². The number of anilines is 3. The first-order chi connectivity index (χ1) is 17.0. The normalized spacial score (nSPS) is 20.6. The highest BCUT2D eigenvalue weighted by Crippen LogP contribution is 2.25. The van der Waals surface area contributed by atoms with Crippen LogP contribution in [0.1, 0.15) is 37.4 Å². The van der Waals surface area contributed by atoms with Crippen LogP contribution >= 0.6 is 0 Å². The van der Waals surface area contributed by atoms with Crippen molar-refractivity contribution in [3.05, 3.63) is 41.7 Å². The SMILES string of the molecule is CCNC(=O)N1CCON=Cc2c(N)ncnc2N2CCC(C2)NC(=O)Nc2ccc(cc2)C1C. The molecule has 1 aromatic carbocycles. The van der Waals surface area contributed by atoms with E-state index in [4.69, 9.17) is 10.6 Å². The minimum absolute atomic E-state index is 0.0563. The summed E-state index contributed by atoms with van der Waals surface area (Å²) in [5, 5.41) is 12.8. The van der Waals surface area contributed by atoms with Gasteiger partial charge in [0.2, 0.25) is 0 Å². The summed E-state index contributed by atoms with van der Waals surface area (Å²) >= 11 is 0. The van der Waals surface area contributed by atoms with Gasteiger partial charge in [0.25, 0.3) is 0 Å². The molecule has 3 aliphatic rings. The molecule has 2 aromatic rings. The summed E-state index contributed by atoms with van der Waals surface area (Å²) in [7, 11) is 0. The molecule has 0 spiro atoms. The number of carbonyl (C=O) groups excluding carboxylic acids is 2. The van der Waals surface area contributed by atoms with Gasteiger partial charge in [0, 0.05) is 31.4 Å². The fourth-order valence-corrected chi connectivity index (χ4v) is 4.23. The largest absolute Gasteiger partial charge is 0.394 e. The van der Waals surface area contributed by atoms with Crippen molar-refractivity contribution in [1.29, 1.82) is 0 Å². The van der Waals surface area contributed by atoms with Crippen LogP contribution < -0.4 is 26.6 Å². The molecular formula is C23H31N9O3. The Morgan fingerprint density at radius 2 is 2.06 bits per heavy atom. The van der Waals surface area contributed by atoms with E-state index in [1.165, 1.54) is 12.5 Å². The standard InChI is InChI=1S/C23H31N9O3/c1-3-25-23(34)32-10-11-35-28-12-19-20(24)26-14-27-21(19)31-9-8-18(13-31)30-22(33)29-17-6-4-16(5-7-17)15(32)2/h4-7,12,14-15,18H,3,8-11,13H2,1-2H3,(H,25,34)(H2,24,26,27)(H2,29,30,33). The van der Waals surface area contributed by atoms with Gasteiger partial charge < -0.3 is 36.3 Å². The van der Waals surface area contributed by atoms with Crippen LogP contribution in [-0.2, 0) is 4.84 Å². The van der Waals surface area contributed by atoms with Crippen molar-refractivity contribution < 1.29 is 14.4 Å². The molecule has 0 radical (unpaired) electrons. The van der Waals surface area contributed by atoms with Gasteiger partial charge in [0.1, 0.15) is 24.6 Å². The first kappa shape index (κ1) is 24.0. The number of carbonyl (C=O) groups is 2. The molecule has 0 aliphatic carbocycles. The number of nitrogens with zero attached hydrogens (tertiary/aromatic N) is 5. The third kappa shape index (κ3) is 5.70. The van der Waals surface area contributed by atoms with E-state index in [-0.39, 0.29) is 36.6 Å². The van der Waals surface area contributed by atoms with Crippen molar-refractivity contribution in [3.8, 4) is 0 Å². The molecule has 186 valence electrons. The molecule has 1 saturated heterocycles. The van der Waals surface area contributed by atoms with Gasteiger partial charge in [-0.15, -0.1) is 0 Å². The predicted molar refractivity (Wildman–Crippen MR) is 133 cm³/mol. The van der Waals surface area contributed by atoms with Crippen LogP contribution in [0.5, 0.6) is 0 Å². The number of nitrogen functional groups attached to an aromatic ring is 1. The van der Waals surface area contributed by atoms with Crippen LogP contribution in [0.25, 0.3) is 0 Å². The van der Waals surface area contributed by atoms with Crippen molar-refractivity contribution in [3.63, 3.8) is 0 Å². The number of urea groups is 2. The van der Waals surface area contributed by atoms with E-state index in [2.05, 4.69) is 31.1 Å². The maximum atomic E-state index is 12.7. The summed E-state index contributed by atoms with van der Waals surface area (Å²) in [6.07, 6.45) is 3.65. The summed E-state index contributed by atoms with van der Waals surface area (Å²) in [5.41, 5.74) is 8.23. The molecule has 4 amide bonds. The van der Waals surface area contributed by atoms with E-state index < -0.39 is 0 Å². The summed E-state index contributed by atoms with van der Waals surface area (Å²) in [6, 6.07) is 6.68. The van der Waals surface area contributed by atoms with Crippen LogP contribution in [-0.4, -0.2) is 72.0 Å². The second kappa shape index (κ2) is 10.9. The molecule has 5 rings (SSSR count). The molecule has 1 fully saturated rings. The zero-order valence-electron chi connectivity index (χ0n) is 19.9. The Hall–Kier alpha value is -4.09. The Bertz CT molecular complexity index is 1080. The highest BCUT2D eigenvalue weighted by atomic mass is 16.6. The lowest BCUT2D eigenvalue weighted by molar-refractivity contribution is 0.106. The second-order valence-electron chi connectivity index (χ2n) is 8.42. The Balaban J connectivity index is 1.61. The smallest absolute Gasteiger partial charge is 0.319 e. The molecule has 35 heavy (non-hydrogen) atoms. The van der Waals surface area contributed by atoms with E-state index in [1.54, 1.807) is 4.90 Å². The molecule has 1 aromatic heterocycles. The van der Waals surface area contributed by atoms with Crippen molar-refractivity contribution >= 4 is 35.6 Å². The quantitative estimate of drug-likeness (QED) is 0.486. The average molecular weight is 482 g/mol. The number of fused-ring (bicyclic) bond motifs is 9. The monoisotopic (exact) mass is 481 g/mol. The van der Waals surface area contributed by atoms with Gasteiger partial charge in [-0.1, -0.05) is 17.3 Å². The molecule has 0 saturated carbocycles. The van der Waals surface area contributed by atoms with Gasteiger partial charge in [-0.2, -0.15) is 0 Å². The van der Waals surface area contributed by atoms with Gasteiger partial charge in [-0.25, -0.2) is 19.6 Å². The van der Waals surface area contributed by atoms with Crippen molar-refractivity contribution in [2.75, 3.05) is 48.7 Å². The Morgan fingerprint density at radius 3 is 2.83 bits per heavy atom. The predicted octanol–water partition coefficient (Wildman–Crippen LogP) is 1.92. The average Bonchev–Trinajstić information content (AvgIpc) is 3.29. The van der Waals surface area contributed by atoms with E-state index in [0.29, 0.717) is 43.2 Å². The van der Waals surface area contributed by atoms with Crippen LogP contribution in [0.15, 0.2) is 35.7 Å². The summed E-state index contributed by atoms with van der Waals surface area (Å²) in [6.45, 7) is 6.08. The second-order valence-corrected chi connectivity index (χ2v) is 8.42. The zero-order chi connectivity index (χ0) is 24.8. The highest BCUT2D eigenvalue weighted by Gasteiger charge is 2.27. The van der Waals surface area contributed by atoms with E-state index in [1.807, 2.05) is 43.0 Å². The lowest BCUT2D eigenvalue weighted by atomic mass is 10.1. The molecule has 12 nitrogen and oxygen atoms in total. The van der Waals surface area contributed by atoms with Gasteiger partial charge >= 0.3 is 12.1 Å². The summed E-state index contributed by atoms with van der Waals surface area (Å²) < 4.78 is 0. The number of nitrogens with one attached hydrogen (secondary N) is 3. The van der Waals surface area contributed by atoms with Crippen LogP contribution in [0, 0.1) is 0 Å². The Labute approximate surface area is 203 Å². The fraction of sp³-hybridized carbons (Fsp3) is 0.435. The van der Waals surface area contributed by atoms with Gasteiger partial charge in [0.05, 0.1) is 24.4 Å². The number of rotatable bonds is 1. The minimum Gasteiger partial charge on any atom is -0.394 e. The molecule has 4 heterocycles. The number of hydrogen-bond acceptors (Lipinski definition) is 8. The third-order valence-corrected chi connectivity index (χ3v) is 6.10. The number of benzene rings is 1. The van der Waals surface area contributed by atoms with Crippen molar-refractivity contribution in [2.45, 2.75) is 32.4 Å². The number of amides is 4. The first-order valence-electron chi connectivity index (χ1n) is 11.7. The summed E-state index contributed by atoms with van der Waals surface area (Å²) in [5.74, 6) is 0.904. The summed E-state index contributed by atoms with van der Waals surface area (Å²) in [4.78, 5) is 43.0. The van der Waals surface area contributed by atoms with Gasteiger partial charge in [0.15, 0.2) is 0 Å². The molecule has 5 N–H and O–H groups in total. The van der Waals surface area contributed by atoms with Crippen LogP contribution in [0.2, 0.25) is 0 Å². The highest BCUT2D eigenvalue weighted by molar-refractivity contribution is 5.92. The van der Waals surface area contributed by atoms with E-state index in [9.17, 15) is 9.59 Å². The zero-order valence-corrected chi connectivity index (χ0v) is 19.9. The number of hydrogen-bond donors (Lipinski definition) is 4. The van der Waals surface area contributed by atoms with Gasteiger partial charge in [-0.3, -0.25) is 0 Å². The Kier molecular flexibility index (Phi) is 7.48. The third-order valence-electron chi connectivity index (χ3n) is 6.10. The molecule has 2 unspecified atom stereocenters. The van der Waals surface area contributed by atoms with Crippen LogP contribution in [0.3, 0.4) is 0 Å².